The lowest BCUT2D eigenvalue weighted by Crippen LogP contribution is -2.42. The minimum absolute atomic E-state index is 0.343. The smallest absolute Gasteiger partial charge is 0.330 e. The maximum Gasteiger partial charge on any atom is 0.330 e. The molecule has 0 saturated carbocycles. The van der Waals surface area contributed by atoms with E-state index in [1.807, 2.05) is 13.2 Å². The Hall–Kier alpha value is -1.69. The zero-order chi connectivity index (χ0) is 15.0. The number of carboxylic acid groups (broad SMARTS) is 1. The zero-order valence-electron chi connectivity index (χ0n) is 11.6. The van der Waals surface area contributed by atoms with Gasteiger partial charge >= 0.3 is 12.0 Å². The van der Waals surface area contributed by atoms with Gasteiger partial charge in [-0.2, -0.15) is 11.8 Å². The molecule has 1 rings (SSSR count). The van der Waals surface area contributed by atoms with Gasteiger partial charge in [-0.15, -0.1) is 0 Å². The second-order valence-electron chi connectivity index (χ2n) is 4.60. The van der Waals surface area contributed by atoms with E-state index >= 15 is 0 Å². The van der Waals surface area contributed by atoms with Crippen molar-refractivity contribution in [1.82, 2.24) is 10.6 Å². The molecule has 1 aromatic rings. The SMILES string of the molecule is CSCC(C)CNC(=O)N[C@@H](C(=O)O)c1ccccc1. The van der Waals surface area contributed by atoms with Crippen LogP contribution in [0.1, 0.15) is 18.5 Å². The van der Waals surface area contributed by atoms with E-state index < -0.39 is 18.0 Å². The third kappa shape index (κ3) is 5.52. The molecule has 5 nitrogen and oxygen atoms in total. The summed E-state index contributed by atoms with van der Waals surface area (Å²) < 4.78 is 0. The summed E-state index contributed by atoms with van der Waals surface area (Å²) in [5.41, 5.74) is 0.548. The van der Waals surface area contributed by atoms with Gasteiger partial charge in [-0.25, -0.2) is 9.59 Å². The predicted molar refractivity (Wildman–Crippen MR) is 80.9 cm³/mol. The number of hydrogen-bond acceptors (Lipinski definition) is 3. The van der Waals surface area contributed by atoms with Crippen LogP contribution in [0.5, 0.6) is 0 Å². The molecule has 0 radical (unpaired) electrons. The van der Waals surface area contributed by atoms with E-state index in [4.69, 9.17) is 0 Å². The van der Waals surface area contributed by atoms with Gasteiger partial charge < -0.3 is 15.7 Å². The van der Waals surface area contributed by atoms with Crippen LogP contribution in [0.15, 0.2) is 30.3 Å². The Kier molecular flexibility index (Phi) is 6.93. The van der Waals surface area contributed by atoms with Crippen LogP contribution in [0.25, 0.3) is 0 Å². The van der Waals surface area contributed by atoms with E-state index in [0.717, 1.165) is 5.75 Å². The molecule has 0 aromatic heterocycles. The Morgan fingerprint density at radius 1 is 1.30 bits per heavy atom. The molecule has 0 heterocycles. The fourth-order valence-corrected chi connectivity index (χ4v) is 2.41. The molecule has 20 heavy (non-hydrogen) atoms. The molecular formula is C14H20N2O3S. The third-order valence-electron chi connectivity index (χ3n) is 2.72. The molecule has 0 bridgehead atoms. The highest BCUT2D eigenvalue weighted by Crippen LogP contribution is 2.12. The quantitative estimate of drug-likeness (QED) is 0.720. The van der Waals surface area contributed by atoms with Gasteiger partial charge in [0.05, 0.1) is 0 Å². The molecule has 0 spiro atoms. The lowest BCUT2D eigenvalue weighted by Gasteiger charge is -2.17. The van der Waals surface area contributed by atoms with E-state index in [1.165, 1.54) is 0 Å². The molecule has 2 atom stereocenters. The number of urea groups is 1. The Labute approximate surface area is 123 Å². The van der Waals surface area contributed by atoms with Crippen LogP contribution in [-0.4, -0.2) is 35.7 Å². The van der Waals surface area contributed by atoms with E-state index in [-0.39, 0.29) is 0 Å². The van der Waals surface area contributed by atoms with E-state index in [0.29, 0.717) is 18.0 Å². The molecule has 0 fully saturated rings. The minimum Gasteiger partial charge on any atom is -0.479 e. The maximum atomic E-state index is 11.7. The van der Waals surface area contributed by atoms with Crippen molar-refractivity contribution in [1.29, 1.82) is 0 Å². The zero-order valence-corrected chi connectivity index (χ0v) is 12.4. The fourth-order valence-electron chi connectivity index (χ4n) is 1.73. The molecule has 0 aliphatic heterocycles. The lowest BCUT2D eigenvalue weighted by atomic mass is 10.1. The van der Waals surface area contributed by atoms with E-state index in [1.54, 1.807) is 42.1 Å². The molecule has 1 unspecified atom stereocenters. The van der Waals surface area contributed by atoms with Crippen LogP contribution in [0.3, 0.4) is 0 Å². The highest BCUT2D eigenvalue weighted by atomic mass is 32.2. The number of aliphatic carboxylic acids is 1. The Morgan fingerprint density at radius 3 is 2.50 bits per heavy atom. The van der Waals surface area contributed by atoms with Crippen LogP contribution < -0.4 is 10.6 Å². The molecular weight excluding hydrogens is 276 g/mol. The van der Waals surface area contributed by atoms with Crippen molar-refractivity contribution >= 4 is 23.8 Å². The van der Waals surface area contributed by atoms with Gasteiger partial charge in [0, 0.05) is 6.54 Å². The highest BCUT2D eigenvalue weighted by Gasteiger charge is 2.21. The van der Waals surface area contributed by atoms with Gasteiger partial charge in [0.1, 0.15) is 0 Å². The Bertz CT molecular complexity index is 439. The molecule has 110 valence electrons. The van der Waals surface area contributed by atoms with Crippen LogP contribution >= 0.6 is 11.8 Å². The van der Waals surface area contributed by atoms with Gasteiger partial charge in [0.2, 0.25) is 0 Å². The number of carboxylic acids is 1. The maximum absolute atomic E-state index is 11.7. The number of rotatable bonds is 7. The largest absolute Gasteiger partial charge is 0.479 e. The molecule has 0 saturated heterocycles. The highest BCUT2D eigenvalue weighted by molar-refractivity contribution is 7.98. The summed E-state index contributed by atoms with van der Waals surface area (Å²) in [6.07, 6.45) is 2.01. The van der Waals surface area contributed by atoms with Crippen molar-refractivity contribution < 1.29 is 14.7 Å². The monoisotopic (exact) mass is 296 g/mol. The van der Waals surface area contributed by atoms with E-state index in [9.17, 15) is 14.7 Å². The lowest BCUT2D eigenvalue weighted by molar-refractivity contribution is -0.139. The number of benzene rings is 1. The first-order valence-corrected chi connectivity index (χ1v) is 7.75. The average Bonchev–Trinajstić information content (AvgIpc) is 2.43. The van der Waals surface area contributed by atoms with Crippen LogP contribution in [-0.2, 0) is 4.79 Å². The summed E-state index contributed by atoms with van der Waals surface area (Å²) in [5, 5.41) is 14.4. The molecule has 1 aromatic carbocycles. The summed E-state index contributed by atoms with van der Waals surface area (Å²) in [5.74, 6) is 0.209. The normalized spacial score (nSPS) is 13.3. The van der Waals surface area contributed by atoms with Crippen LogP contribution in [0, 0.1) is 5.92 Å². The minimum atomic E-state index is -1.08. The van der Waals surface area contributed by atoms with Gasteiger partial charge in [0.25, 0.3) is 0 Å². The Balaban J connectivity index is 2.55. The topological polar surface area (TPSA) is 78.4 Å². The standard InChI is InChI=1S/C14H20N2O3S/c1-10(9-20-2)8-15-14(19)16-12(13(17)18)11-6-4-3-5-7-11/h3-7,10,12H,8-9H2,1-2H3,(H,17,18)(H2,15,16,19)/t10?,12-/m1/s1. The van der Waals surface area contributed by atoms with Crippen LogP contribution in [0.2, 0.25) is 0 Å². The molecule has 2 amide bonds. The van der Waals surface area contributed by atoms with Gasteiger partial charge in [0.15, 0.2) is 6.04 Å². The first-order valence-electron chi connectivity index (χ1n) is 6.35. The summed E-state index contributed by atoms with van der Waals surface area (Å²) >= 11 is 1.71. The van der Waals surface area contributed by atoms with Crippen molar-refractivity contribution in [2.45, 2.75) is 13.0 Å². The van der Waals surface area contributed by atoms with Gasteiger partial charge in [-0.3, -0.25) is 0 Å². The summed E-state index contributed by atoms with van der Waals surface area (Å²) in [6, 6.07) is 7.13. The molecule has 3 N–H and O–H groups in total. The second kappa shape index (κ2) is 8.47. The third-order valence-corrected chi connectivity index (χ3v) is 3.62. The second-order valence-corrected chi connectivity index (χ2v) is 5.51. The van der Waals surface area contributed by atoms with Crippen molar-refractivity contribution in [3.8, 4) is 0 Å². The molecule has 6 heteroatoms. The van der Waals surface area contributed by atoms with Crippen molar-refractivity contribution in [2.75, 3.05) is 18.6 Å². The van der Waals surface area contributed by atoms with Gasteiger partial charge in [-0.05, 0) is 23.5 Å². The molecule has 0 aliphatic rings. The average molecular weight is 296 g/mol. The summed E-state index contributed by atoms with van der Waals surface area (Å²) in [6.45, 7) is 2.55. The number of thioether (sulfide) groups is 1. The Morgan fingerprint density at radius 2 is 1.95 bits per heavy atom. The fraction of sp³-hybridized carbons (Fsp3) is 0.429. The predicted octanol–water partition coefficient (Wildman–Crippen LogP) is 2.11. The number of carbonyl (C=O) groups excluding carboxylic acids is 1. The first-order chi connectivity index (χ1) is 9.54. The number of nitrogens with one attached hydrogen (secondary N) is 2. The van der Waals surface area contributed by atoms with Crippen molar-refractivity contribution in [3.63, 3.8) is 0 Å². The van der Waals surface area contributed by atoms with Crippen LogP contribution in [0.4, 0.5) is 4.79 Å². The van der Waals surface area contributed by atoms with Crippen molar-refractivity contribution in [3.05, 3.63) is 35.9 Å². The first kappa shape index (κ1) is 16.4. The summed E-state index contributed by atoms with van der Waals surface area (Å²) in [7, 11) is 0. The number of carbonyl (C=O) groups is 2. The number of hydrogen-bond donors (Lipinski definition) is 3. The van der Waals surface area contributed by atoms with Gasteiger partial charge in [-0.1, -0.05) is 37.3 Å². The van der Waals surface area contributed by atoms with Crippen molar-refractivity contribution in [2.24, 2.45) is 5.92 Å². The van der Waals surface area contributed by atoms with E-state index in [2.05, 4.69) is 10.6 Å². The summed E-state index contributed by atoms with van der Waals surface area (Å²) in [4.78, 5) is 23.0. The molecule has 0 aliphatic carbocycles. The number of amides is 2.